The summed E-state index contributed by atoms with van der Waals surface area (Å²) < 4.78 is 6.62. The molecule has 1 atom stereocenters. The highest BCUT2D eigenvalue weighted by Gasteiger charge is 2.51. The fraction of sp³-hybridized carbons (Fsp3) is 0.0513. The number of ether oxygens (including phenoxy) is 1. The number of pyridine rings is 1. The molecule has 5 aromatic carbocycles. The summed E-state index contributed by atoms with van der Waals surface area (Å²) >= 11 is 0. The minimum Gasteiger partial charge on any atom is -0.457 e. The second kappa shape index (κ2) is 9.61. The first-order valence-corrected chi connectivity index (χ1v) is 14.8. The summed E-state index contributed by atoms with van der Waals surface area (Å²) in [7, 11) is 0. The first kappa shape index (κ1) is 24.8. The SMILES string of the molecule is c1ccc(C2=NC(c3ccc4c(c3)C3(c5ccccc5O4)c4ccccc4-c4ccccc43)N=C(c3ccccn3)N2)cc1. The zero-order chi connectivity index (χ0) is 29.1. The molecule has 0 amide bonds. The average molecular weight is 567 g/mol. The zero-order valence-electron chi connectivity index (χ0n) is 23.7. The van der Waals surface area contributed by atoms with Gasteiger partial charge in [0.15, 0.2) is 12.0 Å². The van der Waals surface area contributed by atoms with Crippen molar-refractivity contribution in [2.45, 2.75) is 11.6 Å². The molecule has 1 spiro atoms. The Kier molecular flexibility index (Phi) is 5.41. The summed E-state index contributed by atoms with van der Waals surface area (Å²) in [6.45, 7) is 0. The van der Waals surface area contributed by atoms with Gasteiger partial charge in [-0.2, -0.15) is 0 Å². The van der Waals surface area contributed by atoms with Crippen LogP contribution < -0.4 is 10.1 Å². The zero-order valence-corrected chi connectivity index (χ0v) is 23.7. The minimum atomic E-state index is -0.542. The molecule has 208 valence electrons. The number of para-hydroxylation sites is 1. The van der Waals surface area contributed by atoms with E-state index in [0.29, 0.717) is 5.84 Å². The monoisotopic (exact) mass is 566 g/mol. The van der Waals surface area contributed by atoms with Gasteiger partial charge in [0.1, 0.15) is 23.0 Å². The quantitative estimate of drug-likeness (QED) is 0.235. The van der Waals surface area contributed by atoms with Crippen LogP contribution in [0.25, 0.3) is 11.1 Å². The van der Waals surface area contributed by atoms with Crippen molar-refractivity contribution in [3.63, 3.8) is 0 Å². The smallest absolute Gasteiger partial charge is 0.169 e. The van der Waals surface area contributed by atoms with Gasteiger partial charge >= 0.3 is 0 Å². The van der Waals surface area contributed by atoms with Crippen LogP contribution in [0.2, 0.25) is 0 Å². The Morgan fingerprint density at radius 2 is 1.18 bits per heavy atom. The Morgan fingerprint density at radius 1 is 0.545 bits per heavy atom. The number of fused-ring (bicyclic) bond motifs is 9. The summed E-state index contributed by atoms with van der Waals surface area (Å²) in [6.07, 6.45) is 1.31. The van der Waals surface area contributed by atoms with Crippen LogP contribution in [0.4, 0.5) is 0 Å². The van der Waals surface area contributed by atoms with Crippen molar-refractivity contribution in [3.8, 4) is 22.6 Å². The highest BCUT2D eigenvalue weighted by Crippen LogP contribution is 2.62. The molecule has 0 bridgehead atoms. The van der Waals surface area contributed by atoms with Crippen molar-refractivity contribution >= 4 is 11.7 Å². The molecule has 1 aromatic heterocycles. The lowest BCUT2D eigenvalue weighted by Crippen LogP contribution is -2.36. The van der Waals surface area contributed by atoms with Crippen LogP contribution in [0.3, 0.4) is 0 Å². The highest BCUT2D eigenvalue weighted by molar-refractivity contribution is 6.15. The fourth-order valence-electron chi connectivity index (χ4n) is 7.01. The number of benzene rings is 5. The molecule has 5 heteroatoms. The molecule has 1 unspecified atom stereocenters. The topological polar surface area (TPSA) is 58.9 Å². The molecule has 0 fully saturated rings. The third-order valence-corrected chi connectivity index (χ3v) is 8.86. The number of aromatic nitrogens is 1. The van der Waals surface area contributed by atoms with Crippen LogP contribution in [-0.2, 0) is 5.41 Å². The molecule has 3 heterocycles. The van der Waals surface area contributed by atoms with Gasteiger partial charge < -0.3 is 10.1 Å². The molecule has 6 aromatic rings. The van der Waals surface area contributed by atoms with Gasteiger partial charge in [0.25, 0.3) is 0 Å². The van der Waals surface area contributed by atoms with Gasteiger partial charge in [0, 0.05) is 22.9 Å². The van der Waals surface area contributed by atoms with Gasteiger partial charge in [0.2, 0.25) is 0 Å². The minimum absolute atomic E-state index is 0.477. The van der Waals surface area contributed by atoms with Gasteiger partial charge in [-0.25, -0.2) is 9.98 Å². The maximum Gasteiger partial charge on any atom is 0.169 e. The van der Waals surface area contributed by atoms with E-state index in [1.165, 1.54) is 22.3 Å². The molecule has 0 saturated heterocycles. The van der Waals surface area contributed by atoms with Gasteiger partial charge in [-0.15, -0.1) is 0 Å². The molecular formula is C39H26N4O. The van der Waals surface area contributed by atoms with Crippen molar-refractivity contribution in [3.05, 3.63) is 185 Å². The molecule has 9 rings (SSSR count). The number of rotatable bonds is 3. The predicted octanol–water partition coefficient (Wildman–Crippen LogP) is 8.05. The highest BCUT2D eigenvalue weighted by atomic mass is 16.5. The third kappa shape index (κ3) is 3.56. The summed E-state index contributed by atoms with van der Waals surface area (Å²) in [5, 5.41) is 3.45. The Morgan fingerprint density at radius 3 is 1.93 bits per heavy atom. The Labute approximate surface area is 255 Å². The molecule has 0 radical (unpaired) electrons. The van der Waals surface area contributed by atoms with E-state index in [2.05, 4.69) is 107 Å². The standard InChI is InChI=1S/C39H26N4O/c1-2-12-25(13-3-1)36-41-37(43-38(42-36)33-19-10-11-23-40-33)26-21-22-35-32(24-26)39(31-18-8-9-20-34(31)44-35)29-16-6-4-14-27(29)28-15-5-7-17-30(28)39/h1-24,37H,(H,41,42,43). The number of aliphatic imine (C=N–C) groups is 2. The molecule has 0 saturated carbocycles. The number of hydrogen-bond acceptors (Lipinski definition) is 5. The molecule has 3 aliphatic rings. The normalized spacial score (nSPS) is 16.8. The number of hydrogen-bond donors (Lipinski definition) is 1. The van der Waals surface area contributed by atoms with Crippen molar-refractivity contribution < 1.29 is 4.74 Å². The lowest BCUT2D eigenvalue weighted by molar-refractivity contribution is 0.435. The fourth-order valence-corrected chi connectivity index (χ4v) is 7.01. The Bertz CT molecular complexity index is 2030. The lowest BCUT2D eigenvalue weighted by Gasteiger charge is -2.39. The summed E-state index contributed by atoms with van der Waals surface area (Å²) in [4.78, 5) is 14.8. The largest absolute Gasteiger partial charge is 0.457 e. The number of nitrogens with one attached hydrogen (secondary N) is 1. The molecule has 5 nitrogen and oxygen atoms in total. The van der Waals surface area contributed by atoms with Crippen LogP contribution in [0.15, 0.2) is 156 Å². The molecule has 2 aliphatic heterocycles. The van der Waals surface area contributed by atoms with E-state index in [1.54, 1.807) is 6.20 Å². The van der Waals surface area contributed by atoms with Gasteiger partial charge in [-0.1, -0.05) is 109 Å². The van der Waals surface area contributed by atoms with E-state index >= 15 is 0 Å². The number of nitrogens with zero attached hydrogens (tertiary/aromatic N) is 3. The summed E-state index contributed by atoms with van der Waals surface area (Å²) in [5.41, 5.74) is 9.44. The van der Waals surface area contributed by atoms with E-state index in [1.807, 2.05) is 42.5 Å². The van der Waals surface area contributed by atoms with Gasteiger partial charge in [-0.05, 0) is 58.1 Å². The lowest BCUT2D eigenvalue weighted by atomic mass is 9.66. The molecular weight excluding hydrogens is 540 g/mol. The number of amidine groups is 2. The van der Waals surface area contributed by atoms with E-state index in [9.17, 15) is 0 Å². The van der Waals surface area contributed by atoms with Crippen molar-refractivity contribution in [1.82, 2.24) is 10.3 Å². The van der Waals surface area contributed by atoms with E-state index < -0.39 is 11.6 Å². The first-order valence-electron chi connectivity index (χ1n) is 14.8. The molecule has 44 heavy (non-hydrogen) atoms. The van der Waals surface area contributed by atoms with Crippen LogP contribution in [0.5, 0.6) is 11.5 Å². The van der Waals surface area contributed by atoms with Crippen molar-refractivity contribution in [2.24, 2.45) is 9.98 Å². The van der Waals surface area contributed by atoms with Crippen LogP contribution in [-0.4, -0.2) is 16.7 Å². The first-order chi connectivity index (χ1) is 21.8. The van der Waals surface area contributed by atoms with E-state index in [-0.39, 0.29) is 0 Å². The van der Waals surface area contributed by atoms with Crippen molar-refractivity contribution in [2.75, 3.05) is 0 Å². The Balaban J connectivity index is 1.29. The maximum atomic E-state index is 6.62. The van der Waals surface area contributed by atoms with Gasteiger partial charge in [-0.3, -0.25) is 4.98 Å². The maximum absolute atomic E-state index is 6.62. The summed E-state index contributed by atoms with van der Waals surface area (Å²) in [5.74, 6) is 3.17. The van der Waals surface area contributed by atoms with Crippen molar-refractivity contribution in [1.29, 1.82) is 0 Å². The second-order valence-electron chi connectivity index (χ2n) is 11.2. The summed E-state index contributed by atoms with van der Waals surface area (Å²) in [6, 6.07) is 48.4. The van der Waals surface area contributed by atoms with E-state index in [4.69, 9.17) is 14.7 Å². The van der Waals surface area contributed by atoms with E-state index in [0.717, 1.165) is 45.3 Å². The molecule has 1 N–H and O–H groups in total. The molecule has 1 aliphatic carbocycles. The second-order valence-corrected chi connectivity index (χ2v) is 11.2. The van der Waals surface area contributed by atoms with Crippen LogP contribution >= 0.6 is 0 Å². The predicted molar refractivity (Wildman–Crippen MR) is 173 cm³/mol. The van der Waals surface area contributed by atoms with Crippen LogP contribution in [0, 0.1) is 0 Å². The third-order valence-electron chi connectivity index (χ3n) is 8.86. The van der Waals surface area contributed by atoms with Gasteiger partial charge in [0.05, 0.1) is 5.41 Å². The Hall–Kier alpha value is -5.81. The average Bonchev–Trinajstić information content (AvgIpc) is 3.40. The van der Waals surface area contributed by atoms with Crippen LogP contribution in [0.1, 0.15) is 45.2 Å².